The van der Waals surface area contributed by atoms with Crippen LogP contribution in [0.3, 0.4) is 0 Å². The monoisotopic (exact) mass is 573 g/mol. The molecule has 0 bridgehead atoms. The molecule has 2 aliphatic rings. The lowest BCUT2D eigenvalue weighted by Crippen LogP contribution is -2.40. The summed E-state index contributed by atoms with van der Waals surface area (Å²) in [5.41, 5.74) is 5.10. The van der Waals surface area contributed by atoms with Crippen LogP contribution in [0.1, 0.15) is 70.9 Å². The number of carbonyl (C=O) groups is 2. The minimum Gasteiger partial charge on any atom is -0.349 e. The van der Waals surface area contributed by atoms with Gasteiger partial charge in [0.15, 0.2) is 0 Å². The zero-order valence-corrected chi connectivity index (χ0v) is 25.1. The fourth-order valence-electron chi connectivity index (χ4n) is 6.04. The summed E-state index contributed by atoms with van der Waals surface area (Å²) in [6.45, 7) is 4.29. The third-order valence-corrected chi connectivity index (χ3v) is 8.86. The minimum absolute atomic E-state index is 0.00982. The predicted molar refractivity (Wildman–Crippen MR) is 163 cm³/mol. The van der Waals surface area contributed by atoms with E-state index in [1.165, 1.54) is 16.7 Å². The first-order chi connectivity index (χ1) is 19.8. The van der Waals surface area contributed by atoms with Crippen LogP contribution in [0.4, 0.5) is 5.95 Å². The zero-order valence-electron chi connectivity index (χ0n) is 24.4. The second-order valence-corrected chi connectivity index (χ2v) is 12.0. The molecule has 8 heteroatoms. The molecule has 2 saturated heterocycles. The van der Waals surface area contributed by atoms with E-state index in [1.807, 2.05) is 17.0 Å². The first-order valence-corrected chi connectivity index (χ1v) is 15.1. The van der Waals surface area contributed by atoms with Crippen LogP contribution in [0.2, 0.25) is 5.02 Å². The van der Waals surface area contributed by atoms with Gasteiger partial charge in [0.2, 0.25) is 11.9 Å². The van der Waals surface area contributed by atoms with E-state index in [1.54, 1.807) is 25.2 Å². The van der Waals surface area contributed by atoms with Gasteiger partial charge in [0.25, 0.3) is 5.91 Å². The number of amides is 2. The standard InChI is InChI=1S/C33H40ClN5O2/c1-23-7-4-5-8-25(23)12-15-29-28(32(41)38-19-16-24(17-20-38)21-31(40)37(2)3)22-35-33(36-29)39-18-6-9-30(39)26-10-13-27(34)14-11-26/h4-5,7-8,10-11,13-14,22,24,30H,6,9,12,15-21H2,1-3H3/t30-/m1/s1. The van der Waals surface area contributed by atoms with Crippen LogP contribution in [0, 0.1) is 12.8 Å². The number of hydrogen-bond donors (Lipinski definition) is 0. The number of nitrogens with zero attached hydrogens (tertiary/aromatic N) is 5. The molecule has 2 aromatic carbocycles. The Morgan fingerprint density at radius 2 is 1.71 bits per heavy atom. The van der Waals surface area contributed by atoms with E-state index in [9.17, 15) is 9.59 Å². The van der Waals surface area contributed by atoms with Gasteiger partial charge in [-0.15, -0.1) is 0 Å². The number of rotatable bonds is 8. The summed E-state index contributed by atoms with van der Waals surface area (Å²) in [5, 5.41) is 0.726. The molecule has 41 heavy (non-hydrogen) atoms. The van der Waals surface area contributed by atoms with E-state index < -0.39 is 0 Å². The van der Waals surface area contributed by atoms with Crippen molar-refractivity contribution < 1.29 is 9.59 Å². The Morgan fingerprint density at radius 3 is 2.41 bits per heavy atom. The van der Waals surface area contributed by atoms with Crippen molar-refractivity contribution in [1.82, 2.24) is 19.8 Å². The number of halogens is 1. The van der Waals surface area contributed by atoms with E-state index in [4.69, 9.17) is 21.6 Å². The number of aryl methyl sites for hydroxylation is 3. The average molecular weight is 574 g/mol. The third kappa shape index (κ3) is 6.89. The molecule has 0 unspecified atom stereocenters. The maximum atomic E-state index is 13.8. The highest BCUT2D eigenvalue weighted by atomic mass is 35.5. The van der Waals surface area contributed by atoms with E-state index in [0.29, 0.717) is 43.4 Å². The van der Waals surface area contributed by atoms with Crippen molar-refractivity contribution in [2.45, 2.75) is 57.9 Å². The summed E-state index contributed by atoms with van der Waals surface area (Å²) in [5.74, 6) is 1.13. The largest absolute Gasteiger partial charge is 0.349 e. The van der Waals surface area contributed by atoms with Gasteiger partial charge in [-0.3, -0.25) is 9.59 Å². The Morgan fingerprint density at radius 1 is 0.976 bits per heavy atom. The maximum Gasteiger partial charge on any atom is 0.257 e. The van der Waals surface area contributed by atoms with Gasteiger partial charge >= 0.3 is 0 Å². The molecule has 3 aromatic rings. The topological polar surface area (TPSA) is 69.6 Å². The molecule has 0 aliphatic carbocycles. The summed E-state index contributed by atoms with van der Waals surface area (Å²) >= 11 is 6.15. The SMILES string of the molecule is Cc1ccccc1CCc1nc(N2CCC[C@@H]2c2ccc(Cl)cc2)ncc1C(=O)N1CCC(CC(=O)N(C)C)CC1. The minimum atomic E-state index is -0.00982. The Bertz CT molecular complexity index is 1370. The number of anilines is 1. The number of likely N-dealkylation sites (tertiary alicyclic amines) is 1. The number of aromatic nitrogens is 2. The zero-order chi connectivity index (χ0) is 28.9. The molecule has 7 nitrogen and oxygen atoms in total. The second kappa shape index (κ2) is 13.0. The summed E-state index contributed by atoms with van der Waals surface area (Å²) in [4.78, 5) is 41.7. The molecule has 2 amide bonds. The Balaban J connectivity index is 1.38. The van der Waals surface area contributed by atoms with Gasteiger partial charge in [-0.1, -0.05) is 48.0 Å². The number of carbonyl (C=O) groups excluding carboxylic acids is 2. The van der Waals surface area contributed by atoms with Gasteiger partial charge in [-0.25, -0.2) is 9.97 Å². The molecular formula is C33H40ClN5O2. The number of piperidine rings is 1. The molecule has 2 aliphatic heterocycles. The van der Waals surface area contributed by atoms with Crippen LogP contribution in [-0.4, -0.2) is 65.3 Å². The molecule has 5 rings (SSSR count). The van der Waals surface area contributed by atoms with E-state index in [0.717, 1.165) is 49.4 Å². The second-order valence-electron chi connectivity index (χ2n) is 11.6. The van der Waals surface area contributed by atoms with Crippen LogP contribution in [0.5, 0.6) is 0 Å². The van der Waals surface area contributed by atoms with Crippen molar-refractivity contribution in [3.05, 3.63) is 87.7 Å². The fraction of sp³-hybridized carbons (Fsp3) is 0.455. The number of hydrogen-bond acceptors (Lipinski definition) is 5. The van der Waals surface area contributed by atoms with Gasteiger partial charge in [-0.2, -0.15) is 0 Å². The molecule has 2 fully saturated rings. The van der Waals surface area contributed by atoms with Crippen molar-refractivity contribution in [2.75, 3.05) is 38.6 Å². The molecule has 1 atom stereocenters. The molecular weight excluding hydrogens is 534 g/mol. The Kier molecular flexibility index (Phi) is 9.23. The first kappa shape index (κ1) is 29.1. The van der Waals surface area contributed by atoms with Crippen LogP contribution >= 0.6 is 11.6 Å². The maximum absolute atomic E-state index is 13.8. The van der Waals surface area contributed by atoms with Crippen molar-refractivity contribution in [3.8, 4) is 0 Å². The van der Waals surface area contributed by atoms with Crippen LogP contribution in [-0.2, 0) is 17.6 Å². The van der Waals surface area contributed by atoms with Crippen molar-refractivity contribution in [3.63, 3.8) is 0 Å². The van der Waals surface area contributed by atoms with Gasteiger partial charge < -0.3 is 14.7 Å². The van der Waals surface area contributed by atoms with Gasteiger partial charge in [0, 0.05) is 51.4 Å². The highest BCUT2D eigenvalue weighted by Crippen LogP contribution is 2.35. The van der Waals surface area contributed by atoms with Crippen LogP contribution < -0.4 is 4.90 Å². The lowest BCUT2D eigenvalue weighted by atomic mass is 9.92. The summed E-state index contributed by atoms with van der Waals surface area (Å²) in [7, 11) is 3.59. The summed E-state index contributed by atoms with van der Waals surface area (Å²) in [6, 6.07) is 16.6. The van der Waals surface area contributed by atoms with Crippen molar-refractivity contribution >= 4 is 29.4 Å². The molecule has 216 valence electrons. The molecule has 0 radical (unpaired) electrons. The lowest BCUT2D eigenvalue weighted by Gasteiger charge is -2.32. The lowest BCUT2D eigenvalue weighted by molar-refractivity contribution is -0.129. The highest BCUT2D eigenvalue weighted by molar-refractivity contribution is 6.30. The van der Waals surface area contributed by atoms with Gasteiger partial charge in [0.05, 0.1) is 17.3 Å². The number of benzene rings is 2. The van der Waals surface area contributed by atoms with E-state index in [-0.39, 0.29) is 17.9 Å². The molecule has 0 N–H and O–H groups in total. The van der Waals surface area contributed by atoms with E-state index in [2.05, 4.69) is 48.2 Å². The normalized spacial score (nSPS) is 17.6. The average Bonchev–Trinajstić information content (AvgIpc) is 3.47. The molecule has 3 heterocycles. The quantitative estimate of drug-likeness (QED) is 0.336. The Labute approximate surface area is 248 Å². The van der Waals surface area contributed by atoms with Crippen molar-refractivity contribution in [1.29, 1.82) is 0 Å². The van der Waals surface area contributed by atoms with Crippen LogP contribution in [0.15, 0.2) is 54.7 Å². The Hall–Kier alpha value is -3.45. The third-order valence-electron chi connectivity index (χ3n) is 8.61. The molecule has 0 spiro atoms. The van der Waals surface area contributed by atoms with E-state index >= 15 is 0 Å². The highest BCUT2D eigenvalue weighted by Gasteiger charge is 2.31. The summed E-state index contributed by atoms with van der Waals surface area (Å²) < 4.78 is 0. The fourth-order valence-corrected chi connectivity index (χ4v) is 6.16. The summed E-state index contributed by atoms with van der Waals surface area (Å²) in [6.07, 6.45) is 7.50. The van der Waals surface area contributed by atoms with Gasteiger partial charge in [0.1, 0.15) is 0 Å². The predicted octanol–water partition coefficient (Wildman–Crippen LogP) is 5.90. The van der Waals surface area contributed by atoms with Crippen LogP contribution in [0.25, 0.3) is 0 Å². The van der Waals surface area contributed by atoms with Gasteiger partial charge in [-0.05, 0) is 80.2 Å². The van der Waals surface area contributed by atoms with Crippen molar-refractivity contribution in [2.24, 2.45) is 5.92 Å². The molecule has 0 saturated carbocycles. The first-order valence-electron chi connectivity index (χ1n) is 14.7. The molecule has 1 aromatic heterocycles. The smallest absolute Gasteiger partial charge is 0.257 e.